The van der Waals surface area contributed by atoms with Crippen LogP contribution < -0.4 is 21.0 Å². The smallest absolute Gasteiger partial charge is 0.258 e. The first-order valence-corrected chi connectivity index (χ1v) is 11.3. The molecule has 164 valence electrons. The lowest BCUT2D eigenvalue weighted by atomic mass is 10.0. The van der Waals surface area contributed by atoms with Crippen LogP contribution in [-0.4, -0.2) is 17.7 Å². The van der Waals surface area contributed by atoms with Crippen molar-refractivity contribution in [1.29, 1.82) is 0 Å². The Balaban J connectivity index is 1.32. The SMILES string of the molecule is C/C(=N\NC(=O)C1CC(c2cccc(OCc3ccccc3)c2)NN1)c1ccc(Br)cc1. The molecule has 2 atom stereocenters. The van der Waals surface area contributed by atoms with E-state index in [1.54, 1.807) is 0 Å². The summed E-state index contributed by atoms with van der Waals surface area (Å²) in [5, 5.41) is 4.25. The van der Waals surface area contributed by atoms with Crippen LogP contribution in [0.5, 0.6) is 5.75 Å². The average Bonchev–Trinajstić information content (AvgIpc) is 3.33. The number of nitrogens with zero attached hydrogens (tertiary/aromatic N) is 1. The van der Waals surface area contributed by atoms with Gasteiger partial charge in [-0.1, -0.05) is 70.5 Å². The number of hydrogen-bond donors (Lipinski definition) is 3. The number of rotatable bonds is 7. The van der Waals surface area contributed by atoms with Crippen molar-refractivity contribution in [3.8, 4) is 5.75 Å². The molecule has 1 amide bonds. The molecule has 3 N–H and O–H groups in total. The van der Waals surface area contributed by atoms with E-state index in [4.69, 9.17) is 4.74 Å². The van der Waals surface area contributed by atoms with Crippen LogP contribution in [0.1, 0.15) is 36.1 Å². The van der Waals surface area contributed by atoms with E-state index in [9.17, 15) is 4.79 Å². The van der Waals surface area contributed by atoms with Gasteiger partial charge in [0.1, 0.15) is 18.4 Å². The molecule has 6 nitrogen and oxygen atoms in total. The summed E-state index contributed by atoms with van der Waals surface area (Å²) < 4.78 is 6.93. The predicted octanol–water partition coefficient (Wildman–Crippen LogP) is 4.48. The van der Waals surface area contributed by atoms with Crippen LogP contribution in [0.2, 0.25) is 0 Å². The van der Waals surface area contributed by atoms with Crippen molar-refractivity contribution in [2.75, 3.05) is 0 Å². The van der Waals surface area contributed by atoms with Crippen molar-refractivity contribution >= 4 is 27.5 Å². The maximum atomic E-state index is 12.6. The van der Waals surface area contributed by atoms with E-state index in [-0.39, 0.29) is 18.0 Å². The predicted molar refractivity (Wildman–Crippen MR) is 129 cm³/mol. The van der Waals surface area contributed by atoms with Crippen LogP contribution in [0.3, 0.4) is 0 Å². The summed E-state index contributed by atoms with van der Waals surface area (Å²) >= 11 is 3.42. The molecule has 4 rings (SSSR count). The Morgan fingerprint density at radius 3 is 2.62 bits per heavy atom. The summed E-state index contributed by atoms with van der Waals surface area (Å²) in [5.41, 5.74) is 12.8. The minimum absolute atomic E-state index is 0.00238. The van der Waals surface area contributed by atoms with Gasteiger partial charge < -0.3 is 4.74 Å². The molecule has 7 heteroatoms. The number of carbonyl (C=O) groups is 1. The van der Waals surface area contributed by atoms with E-state index in [0.717, 1.165) is 32.6 Å². The van der Waals surface area contributed by atoms with Crippen LogP contribution in [0.25, 0.3) is 0 Å². The maximum absolute atomic E-state index is 12.6. The molecule has 0 radical (unpaired) electrons. The molecule has 0 aliphatic carbocycles. The average molecular weight is 493 g/mol. The molecule has 0 bridgehead atoms. The van der Waals surface area contributed by atoms with E-state index in [1.807, 2.05) is 85.8 Å². The highest BCUT2D eigenvalue weighted by molar-refractivity contribution is 9.10. The zero-order chi connectivity index (χ0) is 22.3. The zero-order valence-corrected chi connectivity index (χ0v) is 19.3. The van der Waals surface area contributed by atoms with Gasteiger partial charge in [-0.05, 0) is 54.3 Å². The summed E-state index contributed by atoms with van der Waals surface area (Å²) in [6, 6.07) is 25.4. The van der Waals surface area contributed by atoms with Gasteiger partial charge in [0, 0.05) is 10.5 Å². The highest BCUT2D eigenvalue weighted by atomic mass is 79.9. The van der Waals surface area contributed by atoms with Gasteiger partial charge in [0.05, 0.1) is 5.71 Å². The van der Waals surface area contributed by atoms with Crippen molar-refractivity contribution in [2.45, 2.75) is 32.0 Å². The van der Waals surface area contributed by atoms with Gasteiger partial charge in [-0.25, -0.2) is 16.3 Å². The standard InChI is InChI=1S/C25H25BrN4O2/c1-17(19-10-12-21(26)13-11-19)27-30-25(31)24-15-23(28-29-24)20-8-5-9-22(14-20)32-16-18-6-3-2-4-7-18/h2-14,23-24,28-29H,15-16H2,1H3,(H,30,31)/b27-17+. The van der Waals surface area contributed by atoms with Crippen LogP contribution in [-0.2, 0) is 11.4 Å². The van der Waals surface area contributed by atoms with E-state index >= 15 is 0 Å². The third kappa shape index (κ3) is 5.82. The fourth-order valence-corrected chi connectivity index (χ4v) is 3.75. The van der Waals surface area contributed by atoms with Gasteiger partial charge in [0.15, 0.2) is 0 Å². The Hall–Kier alpha value is -3.00. The first kappa shape index (κ1) is 22.2. The molecule has 0 spiro atoms. The second-order valence-electron chi connectivity index (χ2n) is 7.66. The Labute approximate surface area is 196 Å². The van der Waals surface area contributed by atoms with E-state index in [0.29, 0.717) is 13.0 Å². The summed E-state index contributed by atoms with van der Waals surface area (Å²) in [7, 11) is 0. The summed E-state index contributed by atoms with van der Waals surface area (Å²) in [4.78, 5) is 12.6. The fraction of sp³-hybridized carbons (Fsp3) is 0.200. The molecule has 1 fully saturated rings. The van der Waals surface area contributed by atoms with Crippen molar-refractivity contribution in [3.63, 3.8) is 0 Å². The molecule has 1 heterocycles. The Morgan fingerprint density at radius 1 is 1.06 bits per heavy atom. The van der Waals surface area contributed by atoms with Crippen LogP contribution in [0.4, 0.5) is 0 Å². The lowest BCUT2D eigenvalue weighted by Gasteiger charge is -2.12. The minimum Gasteiger partial charge on any atom is -0.489 e. The number of hydrogen-bond acceptors (Lipinski definition) is 5. The molecule has 1 aliphatic rings. The number of carbonyl (C=O) groups excluding carboxylic acids is 1. The molecular formula is C25H25BrN4O2. The second-order valence-corrected chi connectivity index (χ2v) is 8.57. The molecular weight excluding hydrogens is 468 g/mol. The van der Waals surface area contributed by atoms with E-state index in [1.165, 1.54) is 0 Å². The highest BCUT2D eigenvalue weighted by Crippen LogP contribution is 2.26. The molecule has 2 unspecified atom stereocenters. The zero-order valence-electron chi connectivity index (χ0n) is 17.7. The lowest BCUT2D eigenvalue weighted by molar-refractivity contribution is -0.122. The quantitative estimate of drug-likeness (QED) is 0.335. The first-order chi connectivity index (χ1) is 15.6. The van der Waals surface area contributed by atoms with Gasteiger partial charge in [-0.15, -0.1) is 0 Å². The van der Waals surface area contributed by atoms with Gasteiger partial charge in [-0.3, -0.25) is 4.79 Å². The third-order valence-corrected chi connectivity index (χ3v) is 5.85. The fourth-order valence-electron chi connectivity index (χ4n) is 3.48. The van der Waals surface area contributed by atoms with Gasteiger partial charge in [-0.2, -0.15) is 5.10 Å². The number of halogens is 1. The first-order valence-electron chi connectivity index (χ1n) is 10.5. The monoisotopic (exact) mass is 492 g/mol. The van der Waals surface area contributed by atoms with Crippen LogP contribution in [0.15, 0.2) is 88.4 Å². The largest absolute Gasteiger partial charge is 0.489 e. The van der Waals surface area contributed by atoms with E-state index in [2.05, 4.69) is 37.3 Å². The third-order valence-electron chi connectivity index (χ3n) is 5.32. The lowest BCUT2D eigenvalue weighted by Crippen LogP contribution is -2.41. The van der Waals surface area contributed by atoms with Crippen molar-refractivity contribution in [2.24, 2.45) is 5.10 Å². The molecule has 0 aromatic heterocycles. The van der Waals surface area contributed by atoms with Gasteiger partial charge >= 0.3 is 0 Å². The summed E-state index contributed by atoms with van der Waals surface area (Å²) in [6.45, 7) is 2.38. The van der Waals surface area contributed by atoms with Crippen molar-refractivity contribution in [1.82, 2.24) is 16.3 Å². The number of amides is 1. The molecule has 3 aromatic carbocycles. The molecule has 32 heavy (non-hydrogen) atoms. The minimum atomic E-state index is -0.379. The van der Waals surface area contributed by atoms with Crippen molar-refractivity contribution in [3.05, 3.63) is 100 Å². The summed E-state index contributed by atoms with van der Waals surface area (Å²) in [5.74, 6) is 0.628. The van der Waals surface area contributed by atoms with Gasteiger partial charge in [0.25, 0.3) is 5.91 Å². The number of hydrazone groups is 1. The van der Waals surface area contributed by atoms with E-state index < -0.39 is 0 Å². The highest BCUT2D eigenvalue weighted by Gasteiger charge is 2.30. The topological polar surface area (TPSA) is 74.8 Å². The Bertz CT molecular complexity index is 1090. The number of ether oxygens (including phenoxy) is 1. The molecule has 1 aliphatic heterocycles. The summed E-state index contributed by atoms with van der Waals surface area (Å²) in [6.07, 6.45) is 0.612. The normalized spacial score (nSPS) is 18.4. The van der Waals surface area contributed by atoms with Gasteiger partial charge in [0.2, 0.25) is 0 Å². The number of nitrogens with one attached hydrogen (secondary N) is 3. The molecule has 1 saturated heterocycles. The second kappa shape index (κ2) is 10.5. The molecule has 3 aromatic rings. The number of benzene rings is 3. The number of hydrazine groups is 1. The molecule has 0 saturated carbocycles. The maximum Gasteiger partial charge on any atom is 0.258 e. The van der Waals surface area contributed by atoms with Crippen LogP contribution >= 0.6 is 15.9 Å². The van der Waals surface area contributed by atoms with Crippen molar-refractivity contribution < 1.29 is 9.53 Å². The Morgan fingerprint density at radius 2 is 1.84 bits per heavy atom. The van der Waals surface area contributed by atoms with Crippen LogP contribution in [0, 0.1) is 0 Å². The Kier molecular flexibility index (Phi) is 7.32.